The summed E-state index contributed by atoms with van der Waals surface area (Å²) >= 11 is 0. The second kappa shape index (κ2) is 20.6. The van der Waals surface area contributed by atoms with Crippen molar-refractivity contribution < 1.29 is 46.2 Å². The van der Waals surface area contributed by atoms with Gasteiger partial charge in [0.05, 0.1) is 29.3 Å². The molecule has 0 aliphatic heterocycles. The minimum atomic E-state index is -4.68. The number of nitrogens with one attached hydrogen (secondary N) is 2. The summed E-state index contributed by atoms with van der Waals surface area (Å²) in [6.45, 7) is 1.24. The molecule has 1 amide bonds. The normalized spacial score (nSPS) is 12.8. The zero-order valence-corrected chi connectivity index (χ0v) is 39.4. The smallest absolute Gasteiger partial charge is 0.408 e. The van der Waals surface area contributed by atoms with Gasteiger partial charge in [-0.25, -0.2) is 23.5 Å². The van der Waals surface area contributed by atoms with Crippen molar-refractivity contribution in [1.82, 2.24) is 33.2 Å². The fraction of sp³-hybridized carbons (Fsp3) is 0.212. The van der Waals surface area contributed by atoms with Crippen molar-refractivity contribution in [2.45, 2.75) is 50.5 Å². The molecule has 5 N–H and O–H groups in total. The average molecular weight is 1000 g/mol. The molecule has 0 aliphatic carbocycles. The number of carbonyl (C=O) groups excluding carboxylic acids is 2. The predicted octanol–water partition coefficient (Wildman–Crippen LogP) is 7.21. The molecular formula is C52H46F5N9O7. The van der Waals surface area contributed by atoms with Gasteiger partial charge in [0, 0.05) is 79.9 Å². The van der Waals surface area contributed by atoms with Gasteiger partial charge in [-0.05, 0) is 77.9 Å². The van der Waals surface area contributed by atoms with Crippen molar-refractivity contribution in [3.63, 3.8) is 0 Å². The lowest BCUT2D eigenvalue weighted by Gasteiger charge is -2.22. The predicted molar refractivity (Wildman–Crippen MR) is 263 cm³/mol. The number of para-hydroxylation sites is 2. The fourth-order valence-electron chi connectivity index (χ4n) is 8.71. The van der Waals surface area contributed by atoms with Gasteiger partial charge in [0.25, 0.3) is 17.0 Å². The fourth-order valence-corrected chi connectivity index (χ4v) is 8.71. The van der Waals surface area contributed by atoms with Crippen molar-refractivity contribution in [1.29, 1.82) is 0 Å². The second-order valence-corrected chi connectivity index (χ2v) is 17.0. The molecule has 9 rings (SSSR count). The monoisotopic (exact) mass is 1000 g/mol. The first-order chi connectivity index (χ1) is 34.8. The molecule has 9 aromatic rings. The van der Waals surface area contributed by atoms with Gasteiger partial charge in [-0.15, -0.1) is 0 Å². The number of imidazole rings is 2. The van der Waals surface area contributed by atoms with E-state index < -0.39 is 71.5 Å². The van der Waals surface area contributed by atoms with E-state index in [9.17, 15) is 51.0 Å². The summed E-state index contributed by atoms with van der Waals surface area (Å²) in [5, 5.41) is 15.7. The van der Waals surface area contributed by atoms with Gasteiger partial charge in [-0.1, -0.05) is 43.3 Å². The summed E-state index contributed by atoms with van der Waals surface area (Å²) in [5.74, 6) is -6.35. The molecule has 16 nitrogen and oxygen atoms in total. The topological polar surface area (TPSA) is 209 Å². The standard InChI is InChI=1S/C31H26F5N5O4.C21H20N4O3/c1-3-25(31(34,35)36)38-17-13-21(32)26(22(33)14-17)28(42)39-23(30(44)45)15-18-8-9-19(27-37-10-11-41(18)27)20-12-16-6-4-5-7-24(16)40(2)29(20)43;1-24-18-6-4-3-5-13(18)11-16(20(24)26)15-8-7-14(12-17(22)21(27)28-2)25-10-9-23-19(15)25/h4-14,23,25,38H,3,15H2,1-2H3,(H,39,42)(H,44,45);3-11,17H,12,22H2,1-2H3/t23-,25+;17-/m00/s1. The van der Waals surface area contributed by atoms with Crippen LogP contribution in [0.25, 0.3) is 55.4 Å². The first-order valence-corrected chi connectivity index (χ1v) is 22.6. The van der Waals surface area contributed by atoms with Crippen LogP contribution in [0.5, 0.6) is 0 Å². The van der Waals surface area contributed by atoms with Gasteiger partial charge in [0.15, 0.2) is 0 Å². The lowest BCUT2D eigenvalue weighted by molar-refractivity contribution is -0.143. The molecule has 21 heteroatoms. The van der Waals surface area contributed by atoms with Crippen LogP contribution in [0, 0.1) is 11.6 Å². The van der Waals surface area contributed by atoms with E-state index in [0.29, 0.717) is 52.2 Å². The van der Waals surface area contributed by atoms with Crippen LogP contribution in [0.3, 0.4) is 0 Å². The highest BCUT2D eigenvalue weighted by Crippen LogP contribution is 2.30. The van der Waals surface area contributed by atoms with E-state index in [4.69, 9.17) is 10.5 Å². The Morgan fingerprint density at radius 3 is 1.66 bits per heavy atom. The van der Waals surface area contributed by atoms with Crippen LogP contribution in [0.15, 0.2) is 131 Å². The van der Waals surface area contributed by atoms with E-state index in [-0.39, 0.29) is 17.5 Å². The Bertz CT molecular complexity index is 3710. The molecule has 0 saturated heterocycles. The van der Waals surface area contributed by atoms with Crippen molar-refractivity contribution in [2.24, 2.45) is 19.8 Å². The molecule has 0 saturated carbocycles. The number of nitrogens with two attached hydrogens (primary N) is 1. The van der Waals surface area contributed by atoms with Gasteiger partial charge in [-0.2, -0.15) is 13.2 Å². The number of hydrogen-bond donors (Lipinski definition) is 4. The number of amides is 1. The number of fused-ring (bicyclic) bond motifs is 4. The zero-order chi connectivity index (χ0) is 52.5. The number of aryl methyl sites for hydroxylation is 2. The summed E-state index contributed by atoms with van der Waals surface area (Å²) in [5.41, 5.74) is 9.70. The Morgan fingerprint density at radius 1 is 0.726 bits per heavy atom. The summed E-state index contributed by atoms with van der Waals surface area (Å²) in [4.78, 5) is 71.6. The quantitative estimate of drug-likeness (QED) is 0.0670. The van der Waals surface area contributed by atoms with Crippen LogP contribution in [0.2, 0.25) is 0 Å². The van der Waals surface area contributed by atoms with Gasteiger partial charge >= 0.3 is 18.1 Å². The molecule has 6 heterocycles. The van der Waals surface area contributed by atoms with E-state index >= 15 is 0 Å². The highest BCUT2D eigenvalue weighted by atomic mass is 19.4. The van der Waals surface area contributed by atoms with Gasteiger partial charge < -0.3 is 44.1 Å². The Kier molecular flexibility index (Phi) is 14.3. The SMILES string of the molecule is CC[C@@H](Nc1cc(F)c(C(=O)N[C@@H](Cc2ccc(-c3cc4ccccc4n(C)c3=O)c3nccn23)C(=O)O)c(F)c1)C(F)(F)F.COC(=O)[C@@H](N)Cc1ccc(-c2cc3ccccc3n(C)c2=O)c2nccn12. The zero-order valence-electron chi connectivity index (χ0n) is 39.4. The maximum atomic E-state index is 14.8. The molecule has 73 heavy (non-hydrogen) atoms. The average Bonchev–Trinajstić information content (AvgIpc) is 4.07. The minimum absolute atomic E-state index is 0.0948. The summed E-state index contributed by atoms with van der Waals surface area (Å²) in [7, 11) is 4.72. The third kappa shape index (κ3) is 10.1. The number of esters is 1. The number of carbonyl (C=O) groups is 3. The largest absolute Gasteiger partial charge is 0.480 e. The Labute approximate surface area is 411 Å². The summed E-state index contributed by atoms with van der Waals surface area (Å²) in [6.07, 6.45) is 1.29. The number of methoxy groups -OCH3 is 1. The number of anilines is 1. The number of carboxylic acids is 1. The van der Waals surface area contributed by atoms with Crippen molar-refractivity contribution in [2.75, 3.05) is 12.4 Å². The number of halogens is 5. The van der Waals surface area contributed by atoms with Crippen molar-refractivity contribution >= 4 is 56.6 Å². The maximum Gasteiger partial charge on any atom is 0.408 e. The third-order valence-electron chi connectivity index (χ3n) is 12.5. The van der Waals surface area contributed by atoms with Gasteiger partial charge in [0.2, 0.25) is 0 Å². The highest BCUT2D eigenvalue weighted by molar-refractivity contribution is 5.97. The molecule has 0 unspecified atom stereocenters. The van der Waals surface area contributed by atoms with Crippen LogP contribution in [0.4, 0.5) is 27.6 Å². The molecule has 0 aliphatic rings. The molecular weight excluding hydrogens is 958 g/mol. The lowest BCUT2D eigenvalue weighted by Crippen LogP contribution is -2.43. The first kappa shape index (κ1) is 50.7. The van der Waals surface area contributed by atoms with E-state index in [2.05, 4.69) is 15.3 Å². The number of hydrogen-bond acceptors (Lipinski definition) is 10. The Balaban J connectivity index is 0.000000217. The van der Waals surface area contributed by atoms with Gasteiger partial charge in [0.1, 0.15) is 46.6 Å². The van der Waals surface area contributed by atoms with E-state index in [1.54, 1.807) is 53.7 Å². The van der Waals surface area contributed by atoms with Crippen LogP contribution < -0.4 is 27.5 Å². The highest BCUT2D eigenvalue weighted by Gasteiger charge is 2.38. The maximum absolute atomic E-state index is 14.8. The van der Waals surface area contributed by atoms with Crippen molar-refractivity contribution in [3.8, 4) is 22.3 Å². The number of carboxylic acid groups (broad SMARTS) is 1. The molecule has 0 spiro atoms. The molecule has 6 aromatic heterocycles. The third-order valence-corrected chi connectivity index (χ3v) is 12.5. The molecule has 0 fully saturated rings. The Morgan fingerprint density at radius 2 is 1.21 bits per heavy atom. The van der Waals surface area contributed by atoms with Crippen LogP contribution in [-0.2, 0) is 41.3 Å². The number of benzene rings is 3. The molecule has 376 valence electrons. The lowest BCUT2D eigenvalue weighted by atomic mass is 10.0. The first-order valence-electron chi connectivity index (χ1n) is 22.6. The summed E-state index contributed by atoms with van der Waals surface area (Å²) in [6, 6.07) is 22.1. The Hall–Kier alpha value is -8.72. The second-order valence-electron chi connectivity index (χ2n) is 17.0. The van der Waals surface area contributed by atoms with E-state index in [1.807, 2.05) is 76.4 Å². The van der Waals surface area contributed by atoms with Crippen LogP contribution in [-0.4, -0.2) is 82.3 Å². The molecule has 0 radical (unpaired) electrons. The molecule has 3 atom stereocenters. The summed E-state index contributed by atoms with van der Waals surface area (Å²) < 4.78 is 80.2. The number of aliphatic carboxylic acids is 1. The number of nitrogens with zero attached hydrogens (tertiary/aromatic N) is 6. The minimum Gasteiger partial charge on any atom is -0.480 e. The van der Waals surface area contributed by atoms with E-state index in [0.717, 1.165) is 33.1 Å². The van der Waals surface area contributed by atoms with E-state index in [1.165, 1.54) is 31.0 Å². The number of alkyl halides is 3. The molecule has 3 aromatic carbocycles. The number of pyridine rings is 4. The number of aromatic nitrogens is 6. The van der Waals surface area contributed by atoms with Crippen LogP contribution >= 0.6 is 0 Å². The molecule has 0 bridgehead atoms. The van der Waals surface area contributed by atoms with Crippen LogP contribution in [0.1, 0.15) is 35.1 Å². The van der Waals surface area contributed by atoms with Gasteiger partial charge in [-0.3, -0.25) is 19.2 Å². The number of rotatable bonds is 13. The number of ether oxygens (including phenoxy) is 1. The van der Waals surface area contributed by atoms with Crippen molar-refractivity contribution in [3.05, 3.63) is 171 Å².